The fourth-order valence-corrected chi connectivity index (χ4v) is 10.1. The molecule has 0 aliphatic rings. The van der Waals surface area contributed by atoms with Crippen LogP contribution in [-0.4, -0.2) is 9.13 Å². The summed E-state index contributed by atoms with van der Waals surface area (Å²) in [5, 5.41) is 44.0. The minimum Gasteiger partial charge on any atom is -0.310 e. The van der Waals surface area contributed by atoms with E-state index in [4.69, 9.17) is 0 Å². The van der Waals surface area contributed by atoms with Crippen LogP contribution in [0.25, 0.3) is 88.4 Å². The lowest BCUT2D eigenvalue weighted by Crippen LogP contribution is -2.10. The van der Waals surface area contributed by atoms with Gasteiger partial charge in [0.1, 0.15) is 12.1 Å². The molecule has 12 rings (SSSR count). The van der Waals surface area contributed by atoms with Crippen molar-refractivity contribution in [2.45, 2.75) is 0 Å². The average Bonchev–Trinajstić information content (AvgIpc) is 3.95. The second-order valence-corrected chi connectivity index (χ2v) is 17.4. The summed E-state index contributed by atoms with van der Waals surface area (Å²) in [6, 6.07) is 85.3. The summed E-state index contributed by atoms with van der Waals surface area (Å²) in [5.41, 5.74) is 16.5. The Hall–Kier alpha value is -10.4. The zero-order chi connectivity index (χ0) is 48.0. The Kier molecular flexibility index (Phi) is 10.2. The minimum absolute atomic E-state index is 0.417. The Morgan fingerprint density at radius 1 is 0.282 bits per heavy atom. The maximum Gasteiger partial charge on any atom is 0.101 e. The van der Waals surface area contributed by atoms with Gasteiger partial charge in [0.2, 0.25) is 0 Å². The van der Waals surface area contributed by atoms with Crippen LogP contribution in [0, 0.1) is 45.3 Å². The number of anilines is 3. The van der Waals surface area contributed by atoms with Crippen molar-refractivity contribution in [3.05, 3.63) is 247 Å². The smallest absolute Gasteiger partial charge is 0.101 e. The van der Waals surface area contributed by atoms with Gasteiger partial charge < -0.3 is 14.0 Å². The van der Waals surface area contributed by atoms with E-state index in [1.54, 1.807) is 24.3 Å². The summed E-state index contributed by atoms with van der Waals surface area (Å²) >= 11 is 0. The van der Waals surface area contributed by atoms with E-state index in [1.165, 1.54) is 11.1 Å². The van der Waals surface area contributed by atoms with Crippen LogP contribution in [0.2, 0.25) is 0 Å². The number of aromatic nitrogens is 2. The van der Waals surface area contributed by atoms with Crippen LogP contribution in [0.15, 0.2) is 224 Å². The Labute approximate surface area is 409 Å². The number of fused-ring (bicyclic) bond motifs is 6. The minimum atomic E-state index is 0.417. The molecule has 7 nitrogen and oxygen atoms in total. The van der Waals surface area contributed by atoms with Crippen molar-refractivity contribution in [3.8, 4) is 69.0 Å². The molecule has 0 radical (unpaired) electrons. The molecule has 0 saturated carbocycles. The van der Waals surface area contributed by atoms with Gasteiger partial charge in [-0.1, -0.05) is 127 Å². The zero-order valence-electron chi connectivity index (χ0n) is 38.0. The molecule has 71 heavy (non-hydrogen) atoms. The molecular weight excluding hydrogens is 867 g/mol. The van der Waals surface area contributed by atoms with E-state index < -0.39 is 0 Å². The van der Waals surface area contributed by atoms with Gasteiger partial charge in [-0.15, -0.1) is 0 Å². The van der Waals surface area contributed by atoms with Crippen molar-refractivity contribution < 1.29 is 0 Å². The van der Waals surface area contributed by atoms with E-state index in [9.17, 15) is 21.0 Å². The lowest BCUT2D eigenvalue weighted by atomic mass is 9.98. The van der Waals surface area contributed by atoms with Gasteiger partial charge in [0.15, 0.2) is 0 Å². The van der Waals surface area contributed by atoms with Gasteiger partial charge in [-0.05, 0) is 130 Å². The number of hydrogen-bond donors (Lipinski definition) is 0. The van der Waals surface area contributed by atoms with E-state index in [0.29, 0.717) is 33.6 Å². The molecule has 2 aromatic heterocycles. The molecule has 2 heterocycles. The number of nitriles is 4. The van der Waals surface area contributed by atoms with Crippen LogP contribution >= 0.6 is 0 Å². The van der Waals surface area contributed by atoms with Gasteiger partial charge in [-0.3, -0.25) is 0 Å². The molecule has 328 valence electrons. The number of rotatable bonds is 8. The first-order valence-corrected chi connectivity index (χ1v) is 23.1. The molecule has 0 unspecified atom stereocenters. The predicted octanol–water partition coefficient (Wildman–Crippen LogP) is 15.8. The normalized spacial score (nSPS) is 11.0. The van der Waals surface area contributed by atoms with E-state index in [0.717, 1.165) is 82.9 Å². The van der Waals surface area contributed by atoms with Crippen LogP contribution in [0.1, 0.15) is 22.3 Å². The summed E-state index contributed by atoms with van der Waals surface area (Å²) < 4.78 is 4.22. The van der Waals surface area contributed by atoms with Crippen LogP contribution in [0.4, 0.5) is 17.1 Å². The van der Waals surface area contributed by atoms with Gasteiger partial charge >= 0.3 is 0 Å². The zero-order valence-corrected chi connectivity index (χ0v) is 38.0. The summed E-state index contributed by atoms with van der Waals surface area (Å²) in [6.45, 7) is 0. The summed E-state index contributed by atoms with van der Waals surface area (Å²) in [7, 11) is 0. The molecule has 7 heteroatoms. The van der Waals surface area contributed by atoms with Crippen LogP contribution < -0.4 is 4.90 Å². The monoisotopic (exact) mass is 903 g/mol. The number of benzene rings is 10. The lowest BCUT2D eigenvalue weighted by molar-refractivity contribution is 1.16. The topological polar surface area (TPSA) is 108 Å². The van der Waals surface area contributed by atoms with Crippen LogP contribution in [-0.2, 0) is 0 Å². The first-order valence-electron chi connectivity index (χ1n) is 23.1. The van der Waals surface area contributed by atoms with Crippen molar-refractivity contribution in [2.24, 2.45) is 0 Å². The predicted molar refractivity (Wildman–Crippen MR) is 285 cm³/mol. The van der Waals surface area contributed by atoms with Crippen LogP contribution in [0.5, 0.6) is 0 Å². The summed E-state index contributed by atoms with van der Waals surface area (Å²) in [6.07, 6.45) is 0. The summed E-state index contributed by atoms with van der Waals surface area (Å²) in [5.74, 6) is 0. The second kappa shape index (κ2) is 17.3. The van der Waals surface area contributed by atoms with E-state index >= 15 is 0 Å². The second-order valence-electron chi connectivity index (χ2n) is 17.4. The molecule has 12 aromatic rings. The lowest BCUT2D eigenvalue weighted by Gasteiger charge is -2.26. The van der Waals surface area contributed by atoms with Gasteiger partial charge in [-0.2, -0.15) is 21.0 Å². The number of hydrogen-bond acceptors (Lipinski definition) is 5. The fourth-order valence-electron chi connectivity index (χ4n) is 10.1. The van der Waals surface area contributed by atoms with Gasteiger partial charge in [0.25, 0.3) is 0 Å². The highest BCUT2D eigenvalue weighted by Gasteiger charge is 2.22. The molecule has 0 aliphatic heterocycles. The standard InChI is InChI=1S/C64H37N7/c65-38-42-14-30-59(50(34-42)40-67)70-61-12-6-4-10-55(61)57-36-53(28-32-63(57)70)69(54-29-33-64-58(37-54)56-11-5-7-13-62(56)71(64)60-31-15-43(39-66)35-51(60)41-68)52-26-24-49(25-27-52)48-22-20-47(21-23-48)46-18-16-45(17-19-46)44-8-2-1-3-9-44/h1-37H. The third-order valence-electron chi connectivity index (χ3n) is 13.5. The molecule has 0 fully saturated rings. The number of para-hydroxylation sites is 2. The largest absolute Gasteiger partial charge is 0.310 e. The Balaban J connectivity index is 0.992. The van der Waals surface area contributed by atoms with Crippen molar-refractivity contribution in [3.63, 3.8) is 0 Å². The maximum absolute atomic E-state index is 10.3. The highest BCUT2D eigenvalue weighted by Crippen LogP contribution is 2.43. The Bertz CT molecular complexity index is 4050. The third kappa shape index (κ3) is 7.20. The molecule has 10 aromatic carbocycles. The van der Waals surface area contributed by atoms with E-state index in [-0.39, 0.29) is 0 Å². The molecule has 0 spiro atoms. The van der Waals surface area contributed by atoms with Crippen molar-refractivity contribution in [1.82, 2.24) is 9.13 Å². The molecule has 0 bridgehead atoms. The highest BCUT2D eigenvalue weighted by atomic mass is 15.1. The van der Waals surface area contributed by atoms with Gasteiger partial charge in [0.05, 0.1) is 67.8 Å². The maximum atomic E-state index is 10.3. The molecule has 0 aliphatic carbocycles. The molecule has 0 saturated heterocycles. The first kappa shape index (κ1) is 42.0. The van der Waals surface area contributed by atoms with Gasteiger partial charge in [-0.25, -0.2) is 0 Å². The fraction of sp³-hybridized carbons (Fsp3) is 0. The average molecular weight is 904 g/mol. The highest BCUT2D eigenvalue weighted by molar-refractivity contribution is 6.13. The first-order chi connectivity index (χ1) is 35.0. The molecule has 0 amide bonds. The molecular formula is C64H37N7. The van der Waals surface area contributed by atoms with Crippen LogP contribution in [0.3, 0.4) is 0 Å². The molecule has 0 atom stereocenters. The van der Waals surface area contributed by atoms with E-state index in [2.05, 4.69) is 196 Å². The number of nitrogens with zero attached hydrogens (tertiary/aromatic N) is 7. The van der Waals surface area contributed by atoms with E-state index in [1.807, 2.05) is 42.5 Å². The third-order valence-corrected chi connectivity index (χ3v) is 13.5. The van der Waals surface area contributed by atoms with Crippen molar-refractivity contribution in [2.75, 3.05) is 4.90 Å². The SMILES string of the molecule is N#Cc1ccc(-n2c3ccccc3c3cc(N(c4ccc(-c5ccc(-c6ccc(-c7ccccc7)cc6)cc5)cc4)c4ccc5c(c4)c4ccccc4n5-c4ccc(C#N)cc4C#N)ccc32)c(C#N)c1. The quantitative estimate of drug-likeness (QED) is 0.151. The summed E-state index contributed by atoms with van der Waals surface area (Å²) in [4.78, 5) is 2.27. The van der Waals surface area contributed by atoms with Crippen molar-refractivity contribution >= 4 is 60.7 Å². The van der Waals surface area contributed by atoms with Gasteiger partial charge in [0, 0.05) is 38.6 Å². The van der Waals surface area contributed by atoms with Crippen molar-refractivity contribution in [1.29, 1.82) is 21.0 Å². The molecule has 0 N–H and O–H groups in total. The Morgan fingerprint density at radius 2 is 0.634 bits per heavy atom. The Morgan fingerprint density at radius 3 is 1.04 bits per heavy atom.